The van der Waals surface area contributed by atoms with Gasteiger partial charge in [-0.2, -0.15) is 0 Å². The number of rotatable bonds is 3. The van der Waals surface area contributed by atoms with Gasteiger partial charge in [0.1, 0.15) is 0 Å². The molecule has 1 saturated heterocycles. The summed E-state index contributed by atoms with van der Waals surface area (Å²) >= 11 is 0. The van der Waals surface area contributed by atoms with Crippen LogP contribution in [0.4, 0.5) is 0 Å². The van der Waals surface area contributed by atoms with Gasteiger partial charge in [0, 0.05) is 6.54 Å². The molecule has 1 amide bonds. The van der Waals surface area contributed by atoms with Gasteiger partial charge < -0.3 is 20.5 Å². The highest BCUT2D eigenvalue weighted by atomic mass is 16.5. The predicted octanol–water partition coefficient (Wildman–Crippen LogP) is -1.06. The van der Waals surface area contributed by atoms with Gasteiger partial charge in [0.2, 0.25) is 5.91 Å². The number of morpholine rings is 1. The SMILES string of the molecule is CCC(N)C(=O)N1CCOCC1CO. The first-order valence-corrected chi connectivity index (χ1v) is 4.95. The molecule has 1 heterocycles. The molecule has 0 aromatic rings. The van der Waals surface area contributed by atoms with Crippen LogP contribution in [0, 0.1) is 0 Å². The smallest absolute Gasteiger partial charge is 0.239 e. The number of amides is 1. The standard InChI is InChI=1S/C9H18N2O3/c1-2-8(10)9(13)11-3-4-14-6-7(11)5-12/h7-8,12H,2-6,10H2,1H3. The van der Waals surface area contributed by atoms with Crippen molar-refractivity contribution in [3.63, 3.8) is 0 Å². The topological polar surface area (TPSA) is 75.8 Å². The largest absolute Gasteiger partial charge is 0.394 e. The van der Waals surface area contributed by atoms with E-state index in [-0.39, 0.29) is 18.6 Å². The number of aliphatic hydroxyl groups excluding tert-OH is 1. The zero-order chi connectivity index (χ0) is 10.6. The van der Waals surface area contributed by atoms with Crippen molar-refractivity contribution < 1.29 is 14.6 Å². The zero-order valence-corrected chi connectivity index (χ0v) is 8.48. The molecule has 2 unspecified atom stereocenters. The maximum absolute atomic E-state index is 11.7. The van der Waals surface area contributed by atoms with Crippen LogP contribution in [0.15, 0.2) is 0 Å². The minimum Gasteiger partial charge on any atom is -0.394 e. The van der Waals surface area contributed by atoms with Crippen molar-refractivity contribution >= 4 is 5.91 Å². The second-order valence-corrected chi connectivity index (χ2v) is 3.46. The number of ether oxygens (including phenoxy) is 1. The monoisotopic (exact) mass is 202 g/mol. The Morgan fingerprint density at radius 3 is 3.07 bits per heavy atom. The Labute approximate surface area is 83.8 Å². The zero-order valence-electron chi connectivity index (χ0n) is 8.48. The van der Waals surface area contributed by atoms with Crippen LogP contribution in [0.25, 0.3) is 0 Å². The van der Waals surface area contributed by atoms with Crippen molar-refractivity contribution in [1.29, 1.82) is 0 Å². The summed E-state index contributed by atoms with van der Waals surface area (Å²) in [7, 11) is 0. The predicted molar refractivity (Wildman–Crippen MR) is 51.7 cm³/mol. The Morgan fingerprint density at radius 1 is 1.79 bits per heavy atom. The molecule has 0 aromatic carbocycles. The van der Waals surface area contributed by atoms with Crippen molar-refractivity contribution in [2.24, 2.45) is 5.73 Å². The Bertz CT molecular complexity index is 198. The third-order valence-corrected chi connectivity index (χ3v) is 2.48. The van der Waals surface area contributed by atoms with E-state index in [1.165, 1.54) is 0 Å². The first kappa shape index (κ1) is 11.4. The lowest BCUT2D eigenvalue weighted by atomic mass is 10.1. The summed E-state index contributed by atoms with van der Waals surface area (Å²) in [6.07, 6.45) is 0.619. The summed E-state index contributed by atoms with van der Waals surface area (Å²) in [6, 6.07) is -0.684. The molecule has 0 bridgehead atoms. The lowest BCUT2D eigenvalue weighted by Gasteiger charge is -2.35. The van der Waals surface area contributed by atoms with Gasteiger partial charge in [-0.1, -0.05) is 6.92 Å². The minimum atomic E-state index is -0.456. The highest BCUT2D eigenvalue weighted by Gasteiger charge is 2.29. The second-order valence-electron chi connectivity index (χ2n) is 3.46. The number of nitrogens with two attached hydrogens (primary N) is 1. The molecule has 82 valence electrons. The summed E-state index contributed by atoms with van der Waals surface area (Å²) in [5.74, 6) is -0.0881. The average Bonchev–Trinajstić information content (AvgIpc) is 2.26. The number of aliphatic hydroxyl groups is 1. The number of carbonyl (C=O) groups excluding carboxylic acids is 1. The van der Waals surface area contributed by atoms with Crippen molar-refractivity contribution in [2.75, 3.05) is 26.4 Å². The van der Waals surface area contributed by atoms with E-state index in [1.807, 2.05) is 6.92 Å². The molecule has 3 N–H and O–H groups in total. The molecule has 14 heavy (non-hydrogen) atoms. The molecular formula is C9H18N2O3. The normalized spacial score (nSPS) is 24.8. The van der Waals surface area contributed by atoms with E-state index in [9.17, 15) is 4.79 Å². The highest BCUT2D eigenvalue weighted by Crippen LogP contribution is 2.08. The summed E-state index contributed by atoms with van der Waals surface area (Å²) < 4.78 is 5.17. The lowest BCUT2D eigenvalue weighted by molar-refractivity contribution is -0.143. The molecule has 5 nitrogen and oxygen atoms in total. The summed E-state index contributed by atoms with van der Waals surface area (Å²) in [6.45, 7) is 3.26. The fraction of sp³-hybridized carbons (Fsp3) is 0.889. The minimum absolute atomic E-state index is 0.0673. The van der Waals surface area contributed by atoms with Crippen molar-refractivity contribution in [2.45, 2.75) is 25.4 Å². The van der Waals surface area contributed by atoms with Gasteiger partial charge in [-0.15, -0.1) is 0 Å². The molecule has 0 saturated carbocycles. The van der Waals surface area contributed by atoms with Gasteiger partial charge in [-0.3, -0.25) is 4.79 Å². The summed E-state index contributed by atoms with van der Waals surface area (Å²) in [5, 5.41) is 9.05. The van der Waals surface area contributed by atoms with Gasteiger partial charge in [0.25, 0.3) is 0 Å². The molecule has 1 rings (SSSR count). The number of hydrogen-bond acceptors (Lipinski definition) is 4. The van der Waals surface area contributed by atoms with E-state index in [4.69, 9.17) is 15.6 Å². The molecule has 1 aliphatic heterocycles. The quantitative estimate of drug-likeness (QED) is 0.612. The van der Waals surface area contributed by atoms with Crippen molar-refractivity contribution in [3.8, 4) is 0 Å². The van der Waals surface area contributed by atoms with Crippen LogP contribution in [0.1, 0.15) is 13.3 Å². The number of nitrogens with zero attached hydrogens (tertiary/aromatic N) is 1. The highest BCUT2D eigenvalue weighted by molar-refractivity contribution is 5.82. The van der Waals surface area contributed by atoms with Crippen LogP contribution < -0.4 is 5.73 Å². The molecule has 5 heteroatoms. The molecular weight excluding hydrogens is 184 g/mol. The Morgan fingerprint density at radius 2 is 2.50 bits per heavy atom. The van der Waals surface area contributed by atoms with E-state index in [2.05, 4.69) is 0 Å². The van der Waals surface area contributed by atoms with Crippen LogP contribution in [-0.2, 0) is 9.53 Å². The van der Waals surface area contributed by atoms with Crippen LogP contribution >= 0.6 is 0 Å². The van der Waals surface area contributed by atoms with Gasteiger partial charge >= 0.3 is 0 Å². The van der Waals surface area contributed by atoms with E-state index in [0.717, 1.165) is 0 Å². The summed E-state index contributed by atoms with van der Waals surface area (Å²) in [4.78, 5) is 13.4. The van der Waals surface area contributed by atoms with Gasteiger partial charge in [0.05, 0.1) is 31.9 Å². The fourth-order valence-corrected chi connectivity index (χ4v) is 1.48. The molecule has 0 aromatic heterocycles. The van der Waals surface area contributed by atoms with E-state index < -0.39 is 6.04 Å². The molecule has 0 spiro atoms. The molecule has 0 radical (unpaired) electrons. The maximum atomic E-state index is 11.7. The Kier molecular flexibility index (Phi) is 4.31. The Balaban J connectivity index is 2.58. The van der Waals surface area contributed by atoms with Crippen LogP contribution in [0.2, 0.25) is 0 Å². The third-order valence-electron chi connectivity index (χ3n) is 2.48. The van der Waals surface area contributed by atoms with Gasteiger partial charge in [-0.05, 0) is 6.42 Å². The molecule has 1 fully saturated rings. The maximum Gasteiger partial charge on any atom is 0.239 e. The average molecular weight is 202 g/mol. The fourth-order valence-electron chi connectivity index (χ4n) is 1.48. The number of hydrogen-bond donors (Lipinski definition) is 2. The molecule has 1 aliphatic rings. The molecule has 2 atom stereocenters. The molecule has 0 aliphatic carbocycles. The van der Waals surface area contributed by atoms with E-state index in [0.29, 0.717) is 26.2 Å². The van der Waals surface area contributed by atoms with Crippen LogP contribution in [0.5, 0.6) is 0 Å². The van der Waals surface area contributed by atoms with E-state index >= 15 is 0 Å². The first-order valence-electron chi connectivity index (χ1n) is 4.95. The Hall–Kier alpha value is -0.650. The van der Waals surface area contributed by atoms with E-state index in [1.54, 1.807) is 4.90 Å². The van der Waals surface area contributed by atoms with Crippen molar-refractivity contribution in [3.05, 3.63) is 0 Å². The first-order chi connectivity index (χ1) is 6.70. The van der Waals surface area contributed by atoms with Gasteiger partial charge in [0.15, 0.2) is 0 Å². The van der Waals surface area contributed by atoms with Crippen LogP contribution in [0.3, 0.4) is 0 Å². The lowest BCUT2D eigenvalue weighted by Crippen LogP contribution is -2.55. The summed E-state index contributed by atoms with van der Waals surface area (Å²) in [5.41, 5.74) is 5.65. The second kappa shape index (κ2) is 5.29. The number of carbonyl (C=O) groups is 1. The van der Waals surface area contributed by atoms with Crippen molar-refractivity contribution in [1.82, 2.24) is 4.90 Å². The third kappa shape index (κ3) is 2.43. The van der Waals surface area contributed by atoms with Gasteiger partial charge in [-0.25, -0.2) is 0 Å². The van der Waals surface area contributed by atoms with Crippen LogP contribution in [-0.4, -0.2) is 54.4 Å².